The molecule has 122 valence electrons. The Bertz CT molecular complexity index is 1030. The lowest BCUT2D eigenvalue weighted by atomic mass is 10.0. The Labute approximate surface area is 147 Å². The second kappa shape index (κ2) is 7.16. The van der Waals surface area contributed by atoms with Gasteiger partial charge in [0.15, 0.2) is 0 Å². The van der Waals surface area contributed by atoms with E-state index in [9.17, 15) is 13.7 Å². The molecule has 0 aliphatic heterocycles. The van der Waals surface area contributed by atoms with Gasteiger partial charge in [-0.2, -0.15) is 5.26 Å². The van der Waals surface area contributed by atoms with Gasteiger partial charge in [-0.15, -0.1) is 0 Å². The third kappa shape index (κ3) is 3.68. The van der Waals surface area contributed by atoms with Crippen molar-refractivity contribution in [3.05, 3.63) is 95.4 Å². The van der Waals surface area contributed by atoms with Gasteiger partial charge >= 0.3 is 0 Å². The molecule has 0 heterocycles. The summed E-state index contributed by atoms with van der Waals surface area (Å²) in [5.74, 6) is 0. The highest BCUT2D eigenvalue weighted by Gasteiger charge is 2.20. The molecule has 4 heteroatoms. The number of allylic oxidation sites excluding steroid dienone is 1. The van der Waals surface area contributed by atoms with Gasteiger partial charge in [-0.1, -0.05) is 72.8 Å². The van der Waals surface area contributed by atoms with E-state index in [-0.39, 0.29) is 9.80 Å². The standard InChI is InChI=1S/C21H15NO2S/c22-16-21(25(23,24)20-9-5-2-6-10-20)15-17-11-13-19(14-12-17)18-7-3-1-4-8-18/h1-15H/b21-15+. The fourth-order valence-corrected chi connectivity index (χ4v) is 3.63. The Hall–Kier alpha value is -3.16. The summed E-state index contributed by atoms with van der Waals surface area (Å²) < 4.78 is 25.1. The summed E-state index contributed by atoms with van der Waals surface area (Å²) in [5, 5.41) is 9.32. The molecule has 0 amide bonds. The molecule has 0 spiro atoms. The maximum Gasteiger partial charge on any atom is 0.216 e. The van der Waals surface area contributed by atoms with E-state index in [0.29, 0.717) is 5.56 Å². The maximum atomic E-state index is 12.6. The van der Waals surface area contributed by atoms with Crippen molar-refractivity contribution in [2.24, 2.45) is 0 Å². The van der Waals surface area contributed by atoms with E-state index >= 15 is 0 Å². The lowest BCUT2D eigenvalue weighted by Crippen LogP contribution is -2.03. The van der Waals surface area contributed by atoms with Crippen LogP contribution in [0.3, 0.4) is 0 Å². The fraction of sp³-hybridized carbons (Fsp3) is 0. The SMILES string of the molecule is N#C/C(=C\c1ccc(-c2ccccc2)cc1)S(=O)(=O)c1ccccc1. The summed E-state index contributed by atoms with van der Waals surface area (Å²) in [6.45, 7) is 0. The summed E-state index contributed by atoms with van der Waals surface area (Å²) in [5.41, 5.74) is 2.77. The molecule has 0 saturated heterocycles. The largest absolute Gasteiger partial charge is 0.218 e. The third-order valence-electron chi connectivity index (χ3n) is 3.77. The van der Waals surface area contributed by atoms with Crippen LogP contribution in [-0.2, 0) is 9.84 Å². The number of hydrogen-bond donors (Lipinski definition) is 0. The number of sulfone groups is 1. The Balaban J connectivity index is 1.95. The number of benzene rings is 3. The zero-order chi connectivity index (χ0) is 17.7. The summed E-state index contributed by atoms with van der Waals surface area (Å²) in [7, 11) is -3.81. The van der Waals surface area contributed by atoms with Gasteiger partial charge in [-0.25, -0.2) is 8.42 Å². The Kier molecular flexibility index (Phi) is 4.78. The number of nitriles is 1. The summed E-state index contributed by atoms with van der Waals surface area (Å²) >= 11 is 0. The highest BCUT2D eigenvalue weighted by atomic mass is 32.2. The van der Waals surface area contributed by atoms with E-state index in [0.717, 1.165) is 11.1 Å². The molecule has 0 aliphatic carbocycles. The molecule has 0 atom stereocenters. The van der Waals surface area contributed by atoms with E-state index < -0.39 is 9.84 Å². The highest BCUT2D eigenvalue weighted by Crippen LogP contribution is 2.23. The van der Waals surface area contributed by atoms with Gasteiger partial charge < -0.3 is 0 Å². The second-order valence-electron chi connectivity index (χ2n) is 5.42. The first-order valence-corrected chi connectivity index (χ1v) is 9.17. The normalized spacial score (nSPS) is 11.7. The van der Waals surface area contributed by atoms with Gasteiger partial charge in [0.1, 0.15) is 11.0 Å². The first-order chi connectivity index (χ1) is 12.1. The van der Waals surface area contributed by atoms with Crippen molar-refractivity contribution < 1.29 is 8.42 Å². The van der Waals surface area contributed by atoms with Crippen molar-refractivity contribution in [3.63, 3.8) is 0 Å². The van der Waals surface area contributed by atoms with Crippen molar-refractivity contribution in [2.75, 3.05) is 0 Å². The summed E-state index contributed by atoms with van der Waals surface area (Å²) in [6.07, 6.45) is 1.40. The maximum absolute atomic E-state index is 12.6. The second-order valence-corrected chi connectivity index (χ2v) is 7.34. The monoisotopic (exact) mass is 345 g/mol. The van der Waals surface area contributed by atoms with Crippen LogP contribution in [0.4, 0.5) is 0 Å². The Morgan fingerprint density at radius 3 is 1.84 bits per heavy atom. The number of rotatable bonds is 4. The van der Waals surface area contributed by atoms with Crippen molar-refractivity contribution in [1.82, 2.24) is 0 Å². The molecule has 0 saturated carbocycles. The third-order valence-corrected chi connectivity index (χ3v) is 5.45. The van der Waals surface area contributed by atoms with Crippen LogP contribution in [0.5, 0.6) is 0 Å². The first kappa shape index (κ1) is 16.7. The molecule has 0 N–H and O–H groups in total. The van der Waals surface area contributed by atoms with E-state index in [2.05, 4.69) is 0 Å². The predicted octanol–water partition coefficient (Wildman–Crippen LogP) is 4.69. The van der Waals surface area contributed by atoms with Crippen molar-refractivity contribution in [1.29, 1.82) is 5.26 Å². The zero-order valence-corrected chi connectivity index (χ0v) is 14.1. The van der Waals surface area contributed by atoms with Crippen LogP contribution in [0.2, 0.25) is 0 Å². The number of nitrogens with zero attached hydrogens (tertiary/aromatic N) is 1. The molecule has 0 bridgehead atoms. The van der Waals surface area contributed by atoms with Gasteiger partial charge in [-0.05, 0) is 34.9 Å². The quantitative estimate of drug-likeness (QED) is 0.644. The molecule has 3 rings (SSSR count). The van der Waals surface area contributed by atoms with Crippen LogP contribution in [0.25, 0.3) is 17.2 Å². The van der Waals surface area contributed by atoms with Crippen LogP contribution >= 0.6 is 0 Å². The van der Waals surface area contributed by atoms with E-state index in [1.54, 1.807) is 30.3 Å². The lowest BCUT2D eigenvalue weighted by molar-refractivity contribution is 0.603. The number of hydrogen-bond acceptors (Lipinski definition) is 3. The minimum absolute atomic E-state index is 0.115. The minimum Gasteiger partial charge on any atom is -0.218 e. The van der Waals surface area contributed by atoms with E-state index in [1.807, 2.05) is 48.5 Å². The molecule has 3 nitrogen and oxygen atoms in total. The molecule has 25 heavy (non-hydrogen) atoms. The van der Waals surface area contributed by atoms with Crippen LogP contribution in [0.1, 0.15) is 5.56 Å². The van der Waals surface area contributed by atoms with Gasteiger partial charge in [-0.3, -0.25) is 0 Å². The topological polar surface area (TPSA) is 57.9 Å². The first-order valence-electron chi connectivity index (χ1n) is 7.69. The average molecular weight is 345 g/mol. The smallest absolute Gasteiger partial charge is 0.216 e. The van der Waals surface area contributed by atoms with E-state index in [1.165, 1.54) is 18.2 Å². The summed E-state index contributed by atoms with van der Waals surface area (Å²) in [4.78, 5) is -0.158. The fourth-order valence-electron chi connectivity index (χ4n) is 2.45. The molecule has 3 aromatic rings. The zero-order valence-electron chi connectivity index (χ0n) is 13.3. The lowest BCUT2D eigenvalue weighted by Gasteiger charge is -2.04. The molecule has 0 aliphatic rings. The average Bonchev–Trinajstić information content (AvgIpc) is 2.68. The highest BCUT2D eigenvalue weighted by molar-refractivity contribution is 7.95. The van der Waals surface area contributed by atoms with Crippen molar-refractivity contribution in [3.8, 4) is 17.2 Å². The molecule has 0 unspecified atom stereocenters. The van der Waals surface area contributed by atoms with Crippen LogP contribution < -0.4 is 0 Å². The van der Waals surface area contributed by atoms with Crippen LogP contribution in [0, 0.1) is 11.3 Å². The Morgan fingerprint density at radius 1 is 0.760 bits per heavy atom. The molecule has 0 aromatic heterocycles. The van der Waals surface area contributed by atoms with Crippen LogP contribution in [-0.4, -0.2) is 8.42 Å². The van der Waals surface area contributed by atoms with Crippen LogP contribution in [0.15, 0.2) is 94.7 Å². The van der Waals surface area contributed by atoms with Gasteiger partial charge in [0.05, 0.1) is 4.90 Å². The van der Waals surface area contributed by atoms with Gasteiger partial charge in [0, 0.05) is 0 Å². The van der Waals surface area contributed by atoms with Crippen molar-refractivity contribution in [2.45, 2.75) is 4.90 Å². The molecule has 0 fully saturated rings. The molecular formula is C21H15NO2S. The minimum atomic E-state index is -3.81. The van der Waals surface area contributed by atoms with Gasteiger partial charge in [0.25, 0.3) is 0 Å². The molecule has 3 aromatic carbocycles. The summed E-state index contributed by atoms with van der Waals surface area (Å²) in [6, 6.07) is 27.1. The molecule has 0 radical (unpaired) electrons. The van der Waals surface area contributed by atoms with Gasteiger partial charge in [0.2, 0.25) is 9.84 Å². The predicted molar refractivity (Wildman–Crippen MR) is 99.1 cm³/mol. The Morgan fingerprint density at radius 2 is 1.28 bits per heavy atom. The van der Waals surface area contributed by atoms with Crippen molar-refractivity contribution >= 4 is 15.9 Å². The van der Waals surface area contributed by atoms with E-state index in [4.69, 9.17) is 0 Å². The molecular weight excluding hydrogens is 330 g/mol.